The minimum absolute atomic E-state index is 0.660. The van der Waals surface area contributed by atoms with Crippen LogP contribution in [-0.2, 0) is 13.5 Å². The third kappa shape index (κ3) is 2.75. The van der Waals surface area contributed by atoms with Gasteiger partial charge in [-0.25, -0.2) is 0 Å². The molecule has 2 aromatic rings. The van der Waals surface area contributed by atoms with Crippen molar-refractivity contribution in [1.82, 2.24) is 20.1 Å². The summed E-state index contributed by atoms with van der Waals surface area (Å²) in [4.78, 5) is 0. The Morgan fingerprint density at radius 3 is 2.80 bits per heavy atom. The van der Waals surface area contributed by atoms with Crippen LogP contribution in [0.1, 0.15) is 35.7 Å². The van der Waals surface area contributed by atoms with Crippen molar-refractivity contribution < 1.29 is 0 Å². The van der Waals surface area contributed by atoms with Crippen LogP contribution in [0.3, 0.4) is 0 Å². The van der Waals surface area contributed by atoms with Crippen LogP contribution < -0.4 is 5.32 Å². The molecule has 4 nitrogen and oxygen atoms in total. The van der Waals surface area contributed by atoms with Crippen LogP contribution in [0.5, 0.6) is 0 Å². The van der Waals surface area contributed by atoms with E-state index in [1.807, 2.05) is 11.6 Å². The Bertz CT molecular complexity index is 569. The molecule has 1 aliphatic carbocycles. The number of nitrogens with zero attached hydrogens (tertiary/aromatic N) is 3. The maximum atomic E-state index is 4.10. The maximum absolute atomic E-state index is 4.10. The molecule has 0 atom stereocenters. The number of hydrogen-bond acceptors (Lipinski definition) is 3. The van der Waals surface area contributed by atoms with Gasteiger partial charge in [-0.2, -0.15) is 0 Å². The summed E-state index contributed by atoms with van der Waals surface area (Å²) in [7, 11) is 1.99. The highest BCUT2D eigenvalue weighted by Crippen LogP contribution is 2.38. The highest BCUT2D eigenvalue weighted by Gasteiger charge is 2.30. The Kier molecular flexibility index (Phi) is 3.83. The van der Waals surface area contributed by atoms with Crippen molar-refractivity contribution in [2.75, 3.05) is 6.54 Å². The lowest BCUT2D eigenvalue weighted by atomic mass is 9.74. The molecule has 106 valence electrons. The Labute approximate surface area is 120 Å². The number of hydrogen-bond donors (Lipinski definition) is 1. The molecule has 20 heavy (non-hydrogen) atoms. The summed E-state index contributed by atoms with van der Waals surface area (Å²) >= 11 is 0. The summed E-state index contributed by atoms with van der Waals surface area (Å²) in [6, 6.07) is 9.42. The molecule has 1 aromatic carbocycles. The molecule has 1 aliphatic rings. The quantitative estimate of drug-likeness (QED) is 0.905. The van der Waals surface area contributed by atoms with E-state index in [2.05, 4.69) is 46.7 Å². The van der Waals surface area contributed by atoms with Crippen LogP contribution >= 0.6 is 0 Å². The second-order valence-electron chi connectivity index (χ2n) is 5.78. The van der Waals surface area contributed by atoms with Gasteiger partial charge in [0.25, 0.3) is 0 Å². The number of nitrogens with one attached hydrogen (secondary N) is 1. The van der Waals surface area contributed by atoms with Gasteiger partial charge in [0.1, 0.15) is 12.2 Å². The zero-order valence-electron chi connectivity index (χ0n) is 12.2. The summed E-state index contributed by atoms with van der Waals surface area (Å²) in [6.07, 6.45) is 5.21. The van der Waals surface area contributed by atoms with Crippen LogP contribution in [0.4, 0.5) is 0 Å². The van der Waals surface area contributed by atoms with Gasteiger partial charge in [0.15, 0.2) is 0 Å². The zero-order chi connectivity index (χ0) is 13.9. The maximum Gasteiger partial charge on any atom is 0.133 e. The van der Waals surface area contributed by atoms with E-state index in [0.29, 0.717) is 6.04 Å². The Morgan fingerprint density at radius 2 is 2.10 bits per heavy atom. The summed E-state index contributed by atoms with van der Waals surface area (Å²) in [5, 5.41) is 11.6. The third-order valence-corrected chi connectivity index (χ3v) is 4.35. The Hall–Kier alpha value is -1.68. The topological polar surface area (TPSA) is 42.7 Å². The molecule has 0 aliphatic heterocycles. The molecule has 0 unspecified atom stereocenters. The van der Waals surface area contributed by atoms with Crippen molar-refractivity contribution in [1.29, 1.82) is 0 Å². The molecule has 1 aromatic heterocycles. The third-order valence-electron chi connectivity index (χ3n) is 4.35. The van der Waals surface area contributed by atoms with E-state index in [1.54, 1.807) is 6.33 Å². The Balaban J connectivity index is 1.43. The fraction of sp³-hybridized carbons (Fsp3) is 0.500. The van der Waals surface area contributed by atoms with Crippen molar-refractivity contribution >= 4 is 0 Å². The molecule has 3 rings (SSSR count). The predicted octanol–water partition coefficient (Wildman–Crippen LogP) is 2.20. The fourth-order valence-electron chi connectivity index (χ4n) is 3.00. The van der Waals surface area contributed by atoms with Gasteiger partial charge in [0.2, 0.25) is 0 Å². The average molecular weight is 270 g/mol. The van der Waals surface area contributed by atoms with E-state index in [-0.39, 0.29) is 0 Å². The van der Waals surface area contributed by atoms with Crippen molar-refractivity contribution in [2.45, 2.75) is 38.1 Å². The van der Waals surface area contributed by atoms with Crippen molar-refractivity contribution in [2.24, 2.45) is 7.05 Å². The summed E-state index contributed by atoms with van der Waals surface area (Å²) in [5.74, 6) is 1.79. The molecule has 0 radical (unpaired) electrons. The van der Waals surface area contributed by atoms with Gasteiger partial charge in [-0.1, -0.05) is 24.3 Å². The van der Waals surface area contributed by atoms with Gasteiger partial charge in [-0.15, -0.1) is 10.2 Å². The van der Waals surface area contributed by atoms with E-state index in [9.17, 15) is 0 Å². The monoisotopic (exact) mass is 270 g/mol. The minimum Gasteiger partial charge on any atom is -0.321 e. The predicted molar refractivity (Wildman–Crippen MR) is 79.7 cm³/mol. The van der Waals surface area contributed by atoms with Crippen LogP contribution in [0.2, 0.25) is 0 Å². The molecule has 1 saturated carbocycles. The van der Waals surface area contributed by atoms with E-state index in [0.717, 1.165) is 24.7 Å². The standard InChI is InChI=1S/C16H22N4/c1-12-5-3-4-6-15(12)13-9-14(10-13)17-8-7-16-19-18-11-20(16)2/h3-6,11,13-14,17H,7-10H2,1-2H3. The second kappa shape index (κ2) is 5.75. The van der Waals surface area contributed by atoms with Gasteiger partial charge in [0.05, 0.1) is 0 Å². The van der Waals surface area contributed by atoms with Crippen molar-refractivity contribution in [3.8, 4) is 0 Å². The van der Waals surface area contributed by atoms with Gasteiger partial charge in [-0.3, -0.25) is 0 Å². The van der Waals surface area contributed by atoms with Gasteiger partial charge in [-0.05, 0) is 36.8 Å². The van der Waals surface area contributed by atoms with Crippen molar-refractivity contribution in [3.63, 3.8) is 0 Å². The molecule has 0 amide bonds. The molecule has 0 bridgehead atoms. The van der Waals surface area contributed by atoms with Crippen LogP contribution in [0.25, 0.3) is 0 Å². The van der Waals surface area contributed by atoms with Crippen LogP contribution in [-0.4, -0.2) is 27.4 Å². The first-order chi connectivity index (χ1) is 9.74. The van der Waals surface area contributed by atoms with E-state index in [4.69, 9.17) is 0 Å². The second-order valence-corrected chi connectivity index (χ2v) is 5.78. The highest BCUT2D eigenvalue weighted by atomic mass is 15.2. The first-order valence-electron chi connectivity index (χ1n) is 7.36. The van der Waals surface area contributed by atoms with Crippen molar-refractivity contribution in [3.05, 3.63) is 47.5 Å². The van der Waals surface area contributed by atoms with E-state index >= 15 is 0 Å². The zero-order valence-corrected chi connectivity index (χ0v) is 12.2. The lowest BCUT2D eigenvalue weighted by Crippen LogP contribution is -2.41. The molecule has 0 saturated heterocycles. The number of benzene rings is 1. The highest BCUT2D eigenvalue weighted by molar-refractivity contribution is 5.31. The average Bonchev–Trinajstić information content (AvgIpc) is 2.79. The smallest absolute Gasteiger partial charge is 0.133 e. The lowest BCUT2D eigenvalue weighted by Gasteiger charge is -2.37. The van der Waals surface area contributed by atoms with Gasteiger partial charge < -0.3 is 9.88 Å². The molecule has 1 heterocycles. The number of aryl methyl sites for hydroxylation is 2. The summed E-state index contributed by atoms with van der Waals surface area (Å²) in [6.45, 7) is 3.20. The molecule has 4 heteroatoms. The Morgan fingerprint density at radius 1 is 1.30 bits per heavy atom. The van der Waals surface area contributed by atoms with E-state index in [1.165, 1.54) is 24.0 Å². The SMILES string of the molecule is Cc1ccccc1C1CC(NCCc2nncn2C)C1. The molecular formula is C16H22N4. The van der Waals surface area contributed by atoms with Crippen LogP contribution in [0.15, 0.2) is 30.6 Å². The first kappa shape index (κ1) is 13.3. The van der Waals surface area contributed by atoms with Gasteiger partial charge in [0, 0.05) is 26.1 Å². The molecule has 0 spiro atoms. The molecule has 1 fully saturated rings. The minimum atomic E-state index is 0.660. The molecule has 1 N–H and O–H groups in total. The normalized spacial score (nSPS) is 21.7. The van der Waals surface area contributed by atoms with Crippen LogP contribution in [0, 0.1) is 6.92 Å². The molecular weight excluding hydrogens is 248 g/mol. The van der Waals surface area contributed by atoms with E-state index < -0.39 is 0 Å². The number of aromatic nitrogens is 3. The number of rotatable bonds is 5. The lowest BCUT2D eigenvalue weighted by molar-refractivity contribution is 0.291. The first-order valence-corrected chi connectivity index (χ1v) is 7.36. The van der Waals surface area contributed by atoms with Gasteiger partial charge >= 0.3 is 0 Å². The largest absolute Gasteiger partial charge is 0.321 e. The summed E-state index contributed by atoms with van der Waals surface area (Å²) in [5.41, 5.74) is 2.95. The fourth-order valence-corrected chi connectivity index (χ4v) is 3.00. The summed E-state index contributed by atoms with van der Waals surface area (Å²) < 4.78 is 1.98.